The molecule has 0 aliphatic carbocycles. The predicted molar refractivity (Wildman–Crippen MR) is 123 cm³/mol. The first-order valence-corrected chi connectivity index (χ1v) is 10.8. The SMILES string of the molecule is COc1cc(F)cc(C(C)NCCOc2cc(-c3ccc(Cl)c(OC)c3)cc(C(F)(F)F)c2)c1. The van der Waals surface area contributed by atoms with Crippen LogP contribution in [0.3, 0.4) is 0 Å². The second-order valence-electron chi connectivity index (χ2n) is 7.54. The summed E-state index contributed by atoms with van der Waals surface area (Å²) in [5, 5.41) is 3.51. The summed E-state index contributed by atoms with van der Waals surface area (Å²) >= 11 is 6.03. The van der Waals surface area contributed by atoms with Gasteiger partial charge in [0.15, 0.2) is 0 Å². The number of ether oxygens (including phenoxy) is 3. The second kappa shape index (κ2) is 11.0. The van der Waals surface area contributed by atoms with Crippen molar-refractivity contribution >= 4 is 11.6 Å². The number of benzene rings is 3. The Morgan fingerprint density at radius 1 is 0.912 bits per heavy atom. The lowest BCUT2D eigenvalue weighted by molar-refractivity contribution is -0.137. The lowest BCUT2D eigenvalue weighted by Gasteiger charge is -2.17. The number of hydrogen-bond donors (Lipinski definition) is 1. The molecule has 3 aromatic carbocycles. The van der Waals surface area contributed by atoms with Crippen molar-refractivity contribution in [3.05, 3.63) is 76.6 Å². The van der Waals surface area contributed by atoms with E-state index in [-0.39, 0.29) is 18.4 Å². The summed E-state index contributed by atoms with van der Waals surface area (Å²) in [4.78, 5) is 0. The zero-order chi connectivity index (χ0) is 24.9. The molecule has 1 N–H and O–H groups in total. The van der Waals surface area contributed by atoms with Crippen molar-refractivity contribution in [2.45, 2.75) is 19.1 Å². The zero-order valence-corrected chi connectivity index (χ0v) is 19.6. The Morgan fingerprint density at radius 2 is 1.68 bits per heavy atom. The third-order valence-electron chi connectivity index (χ3n) is 5.17. The van der Waals surface area contributed by atoms with Crippen LogP contribution in [0.2, 0.25) is 5.02 Å². The predicted octanol–water partition coefficient (Wildman–Crippen LogP) is 6.91. The topological polar surface area (TPSA) is 39.7 Å². The van der Waals surface area contributed by atoms with Crippen LogP contribution in [0.1, 0.15) is 24.1 Å². The first kappa shape index (κ1) is 25.6. The van der Waals surface area contributed by atoms with Gasteiger partial charge >= 0.3 is 6.18 Å². The van der Waals surface area contributed by atoms with Gasteiger partial charge in [-0.1, -0.05) is 17.7 Å². The molecule has 9 heteroatoms. The standard InChI is InChI=1S/C25H24ClF4NO3/c1-15(17-9-20(27)14-21(10-17)32-2)31-6-7-34-22-11-18(8-19(13-22)25(28,29)30)16-4-5-23(26)24(12-16)33-3/h4-5,8-15,31H,6-7H2,1-3H3. The molecule has 34 heavy (non-hydrogen) atoms. The van der Waals surface area contributed by atoms with Crippen LogP contribution in [0.4, 0.5) is 17.6 Å². The highest BCUT2D eigenvalue weighted by Crippen LogP contribution is 2.37. The van der Waals surface area contributed by atoms with E-state index < -0.39 is 17.6 Å². The van der Waals surface area contributed by atoms with Gasteiger partial charge in [0.05, 0.1) is 24.8 Å². The molecule has 0 aromatic heterocycles. The summed E-state index contributed by atoms with van der Waals surface area (Å²) in [6.45, 7) is 2.26. The minimum atomic E-state index is -4.55. The molecule has 3 aromatic rings. The Kier molecular flexibility index (Phi) is 8.28. The first-order valence-electron chi connectivity index (χ1n) is 10.4. The first-order chi connectivity index (χ1) is 16.1. The van der Waals surface area contributed by atoms with Gasteiger partial charge in [-0.2, -0.15) is 13.2 Å². The summed E-state index contributed by atoms with van der Waals surface area (Å²) < 4.78 is 70.1. The molecular weight excluding hydrogens is 474 g/mol. The highest BCUT2D eigenvalue weighted by atomic mass is 35.5. The third kappa shape index (κ3) is 6.55. The van der Waals surface area contributed by atoms with Gasteiger partial charge in [-0.15, -0.1) is 0 Å². The molecule has 1 atom stereocenters. The normalized spacial score (nSPS) is 12.4. The van der Waals surface area contributed by atoms with Gasteiger partial charge in [0.1, 0.15) is 29.7 Å². The van der Waals surface area contributed by atoms with Crippen LogP contribution >= 0.6 is 11.6 Å². The maximum Gasteiger partial charge on any atom is 0.416 e. The fraction of sp³-hybridized carbons (Fsp3) is 0.280. The molecule has 182 valence electrons. The van der Waals surface area contributed by atoms with E-state index in [0.717, 1.165) is 12.1 Å². The minimum absolute atomic E-state index is 0.0700. The van der Waals surface area contributed by atoms with Gasteiger partial charge in [-0.05, 0) is 66.1 Å². The lowest BCUT2D eigenvalue weighted by Crippen LogP contribution is -2.24. The van der Waals surface area contributed by atoms with Gasteiger partial charge < -0.3 is 19.5 Å². The molecule has 0 aliphatic heterocycles. The molecule has 1 unspecified atom stereocenters. The Morgan fingerprint density at radius 3 is 2.35 bits per heavy atom. The molecule has 0 spiro atoms. The molecule has 0 saturated heterocycles. The van der Waals surface area contributed by atoms with Crippen molar-refractivity contribution in [2.75, 3.05) is 27.4 Å². The Balaban J connectivity index is 1.73. The van der Waals surface area contributed by atoms with Crippen LogP contribution in [0.25, 0.3) is 11.1 Å². The molecule has 0 aliphatic rings. The highest BCUT2D eigenvalue weighted by Gasteiger charge is 2.31. The van der Waals surface area contributed by atoms with Crippen molar-refractivity contribution in [3.63, 3.8) is 0 Å². The summed E-state index contributed by atoms with van der Waals surface area (Å²) in [6, 6.07) is 12.4. The number of hydrogen-bond acceptors (Lipinski definition) is 4. The second-order valence-corrected chi connectivity index (χ2v) is 7.95. The van der Waals surface area contributed by atoms with Gasteiger partial charge in [0, 0.05) is 18.7 Å². The quantitative estimate of drug-likeness (QED) is 0.257. The monoisotopic (exact) mass is 497 g/mol. The van der Waals surface area contributed by atoms with E-state index in [2.05, 4.69) is 5.32 Å². The van der Waals surface area contributed by atoms with E-state index in [4.69, 9.17) is 25.8 Å². The number of nitrogens with one attached hydrogen (secondary N) is 1. The summed E-state index contributed by atoms with van der Waals surface area (Å²) in [5.41, 5.74) is 0.661. The van der Waals surface area contributed by atoms with Gasteiger partial charge in [0.25, 0.3) is 0 Å². The molecular formula is C25H24ClF4NO3. The van der Waals surface area contributed by atoms with E-state index in [9.17, 15) is 17.6 Å². The summed E-state index contributed by atoms with van der Waals surface area (Å²) in [6.07, 6.45) is -4.55. The Bertz CT molecular complexity index is 1140. The van der Waals surface area contributed by atoms with Crippen LogP contribution in [0, 0.1) is 5.82 Å². The Labute approximate surface area is 200 Å². The smallest absolute Gasteiger partial charge is 0.416 e. The van der Waals surface area contributed by atoms with Gasteiger partial charge in [0.2, 0.25) is 0 Å². The lowest BCUT2D eigenvalue weighted by atomic mass is 10.0. The minimum Gasteiger partial charge on any atom is -0.497 e. The van der Waals surface area contributed by atoms with Crippen molar-refractivity contribution in [1.82, 2.24) is 5.32 Å². The summed E-state index contributed by atoms with van der Waals surface area (Å²) in [7, 11) is 2.88. The van der Waals surface area contributed by atoms with Crippen molar-refractivity contribution in [2.24, 2.45) is 0 Å². The van der Waals surface area contributed by atoms with Crippen LogP contribution in [0.5, 0.6) is 17.2 Å². The molecule has 0 amide bonds. The van der Waals surface area contributed by atoms with E-state index in [1.54, 1.807) is 24.3 Å². The fourth-order valence-corrected chi connectivity index (χ4v) is 3.56. The van der Waals surface area contributed by atoms with Crippen LogP contribution in [0.15, 0.2) is 54.6 Å². The molecule has 3 rings (SSSR count). The van der Waals surface area contributed by atoms with Gasteiger partial charge in [-0.3, -0.25) is 0 Å². The average Bonchev–Trinajstić information content (AvgIpc) is 2.80. The average molecular weight is 498 g/mol. The van der Waals surface area contributed by atoms with Crippen molar-refractivity contribution < 1.29 is 31.8 Å². The maximum absolute atomic E-state index is 13.7. The van der Waals surface area contributed by atoms with Crippen molar-refractivity contribution in [3.8, 4) is 28.4 Å². The molecule has 0 bridgehead atoms. The van der Waals surface area contributed by atoms with E-state index >= 15 is 0 Å². The van der Waals surface area contributed by atoms with Crippen LogP contribution in [-0.2, 0) is 6.18 Å². The highest BCUT2D eigenvalue weighted by molar-refractivity contribution is 6.32. The molecule has 0 radical (unpaired) electrons. The number of rotatable bonds is 9. The van der Waals surface area contributed by atoms with E-state index in [1.807, 2.05) is 6.92 Å². The zero-order valence-electron chi connectivity index (χ0n) is 18.8. The number of alkyl halides is 3. The fourth-order valence-electron chi connectivity index (χ4n) is 3.37. The molecule has 0 fully saturated rings. The van der Waals surface area contributed by atoms with Crippen LogP contribution in [-0.4, -0.2) is 27.4 Å². The molecule has 4 nitrogen and oxygen atoms in total. The Hall–Kier alpha value is -2.97. The van der Waals surface area contributed by atoms with E-state index in [1.165, 1.54) is 32.4 Å². The molecule has 0 saturated carbocycles. The van der Waals surface area contributed by atoms with Crippen molar-refractivity contribution in [1.29, 1.82) is 0 Å². The van der Waals surface area contributed by atoms with Crippen LogP contribution < -0.4 is 19.5 Å². The third-order valence-corrected chi connectivity index (χ3v) is 5.48. The number of methoxy groups -OCH3 is 2. The number of halogens is 5. The maximum atomic E-state index is 13.7. The van der Waals surface area contributed by atoms with E-state index in [0.29, 0.717) is 39.8 Å². The molecule has 0 heterocycles. The van der Waals surface area contributed by atoms with Gasteiger partial charge in [-0.25, -0.2) is 4.39 Å². The largest absolute Gasteiger partial charge is 0.497 e. The summed E-state index contributed by atoms with van der Waals surface area (Å²) in [5.74, 6) is 0.400.